The number of rotatable bonds is 6. The first-order chi connectivity index (χ1) is 15.2. The molecule has 6 nitrogen and oxygen atoms in total. The van der Waals surface area contributed by atoms with Crippen molar-refractivity contribution in [3.8, 4) is 5.69 Å². The highest BCUT2D eigenvalue weighted by molar-refractivity contribution is 6.00. The van der Waals surface area contributed by atoms with Crippen molar-refractivity contribution < 1.29 is 14.3 Å². The molecule has 1 aromatic heterocycles. The van der Waals surface area contributed by atoms with Gasteiger partial charge < -0.3 is 14.2 Å². The van der Waals surface area contributed by atoms with Crippen molar-refractivity contribution in [2.45, 2.75) is 24.9 Å². The van der Waals surface area contributed by atoms with Gasteiger partial charge in [0.15, 0.2) is 0 Å². The number of nitrogens with zero attached hydrogens (tertiary/aromatic N) is 3. The fraction of sp³-hybridized carbons (Fsp3) is 0.280. The summed E-state index contributed by atoms with van der Waals surface area (Å²) in [6, 6.07) is 21.9. The average molecular weight is 415 g/mol. The highest BCUT2D eigenvalue weighted by Gasteiger charge is 2.39. The number of methoxy groups -OCH3 is 1. The van der Waals surface area contributed by atoms with Gasteiger partial charge in [-0.2, -0.15) is 0 Å². The summed E-state index contributed by atoms with van der Waals surface area (Å²) in [5.41, 5.74) is 3.87. The zero-order valence-corrected chi connectivity index (χ0v) is 17.5. The molecule has 1 aliphatic carbocycles. The van der Waals surface area contributed by atoms with Gasteiger partial charge in [-0.05, 0) is 42.7 Å². The van der Waals surface area contributed by atoms with Crippen molar-refractivity contribution >= 4 is 17.5 Å². The molecule has 2 aliphatic rings. The number of para-hydroxylation sites is 2. The number of carbonyl (C=O) groups is 2. The van der Waals surface area contributed by atoms with Gasteiger partial charge in [0.25, 0.3) is 0 Å². The third-order valence-electron chi connectivity index (χ3n) is 5.98. The first kappa shape index (κ1) is 19.6. The van der Waals surface area contributed by atoms with Crippen LogP contribution in [0.4, 0.5) is 5.69 Å². The molecule has 2 aromatic carbocycles. The van der Waals surface area contributed by atoms with E-state index < -0.39 is 0 Å². The maximum atomic E-state index is 13.8. The van der Waals surface area contributed by atoms with E-state index in [2.05, 4.69) is 10.6 Å². The summed E-state index contributed by atoms with van der Waals surface area (Å²) in [4.78, 5) is 30.0. The second-order valence-corrected chi connectivity index (χ2v) is 8.05. The van der Waals surface area contributed by atoms with Crippen LogP contribution in [0.2, 0.25) is 0 Å². The Kier molecular flexibility index (Phi) is 5.08. The first-order valence-corrected chi connectivity index (χ1v) is 10.6. The molecule has 1 aliphatic heterocycles. The highest BCUT2D eigenvalue weighted by atomic mass is 16.5. The molecule has 2 amide bonds. The summed E-state index contributed by atoms with van der Waals surface area (Å²) in [6.07, 6.45) is 3.90. The molecule has 3 aromatic rings. The van der Waals surface area contributed by atoms with Gasteiger partial charge >= 0.3 is 0 Å². The number of benzene rings is 2. The topological polar surface area (TPSA) is 54.8 Å². The van der Waals surface area contributed by atoms with Crippen LogP contribution < -0.4 is 4.90 Å². The summed E-state index contributed by atoms with van der Waals surface area (Å²) in [5, 5.41) is 0. The molecule has 6 heteroatoms. The van der Waals surface area contributed by atoms with Crippen molar-refractivity contribution in [1.29, 1.82) is 0 Å². The molecule has 0 N–H and O–H groups in total. The van der Waals surface area contributed by atoms with Crippen molar-refractivity contribution in [1.82, 2.24) is 9.47 Å². The van der Waals surface area contributed by atoms with E-state index in [0.717, 1.165) is 35.5 Å². The van der Waals surface area contributed by atoms with Gasteiger partial charge in [0.2, 0.25) is 11.8 Å². The van der Waals surface area contributed by atoms with Crippen LogP contribution in [-0.4, -0.2) is 47.6 Å². The van der Waals surface area contributed by atoms with Crippen LogP contribution >= 0.6 is 0 Å². The molecule has 1 fully saturated rings. The number of anilines is 1. The zero-order chi connectivity index (χ0) is 21.4. The van der Waals surface area contributed by atoms with E-state index in [0.29, 0.717) is 0 Å². The van der Waals surface area contributed by atoms with Gasteiger partial charge in [0.1, 0.15) is 19.2 Å². The number of hydrogen-bond acceptors (Lipinski definition) is 3. The molecule has 0 bridgehead atoms. The van der Waals surface area contributed by atoms with Crippen molar-refractivity contribution in [2.75, 3.05) is 25.2 Å². The Morgan fingerprint density at radius 1 is 0.968 bits per heavy atom. The normalized spacial score (nSPS) is 17.1. The molecule has 5 rings (SSSR count). The van der Waals surface area contributed by atoms with E-state index in [-0.39, 0.29) is 37.0 Å². The Labute approximate surface area is 181 Å². The van der Waals surface area contributed by atoms with Crippen LogP contribution in [0.3, 0.4) is 0 Å². The second kappa shape index (κ2) is 8.04. The molecule has 0 radical (unpaired) electrons. The van der Waals surface area contributed by atoms with Gasteiger partial charge in [-0.25, -0.2) is 0 Å². The lowest BCUT2D eigenvalue weighted by molar-refractivity contribution is -0.139. The van der Waals surface area contributed by atoms with E-state index in [1.54, 1.807) is 4.90 Å². The van der Waals surface area contributed by atoms with Gasteiger partial charge in [0, 0.05) is 19.3 Å². The predicted octanol–water partition coefficient (Wildman–Crippen LogP) is 3.55. The zero-order valence-electron chi connectivity index (χ0n) is 17.5. The summed E-state index contributed by atoms with van der Waals surface area (Å²) in [5.74, 6) is -0.228. The molecule has 1 saturated carbocycles. The number of aromatic nitrogens is 1. The number of carbonyl (C=O) groups excluding carboxylic acids is 2. The van der Waals surface area contributed by atoms with Gasteiger partial charge in [-0.15, -0.1) is 0 Å². The summed E-state index contributed by atoms with van der Waals surface area (Å²) in [7, 11) is 1.51. The van der Waals surface area contributed by atoms with Gasteiger partial charge in [-0.1, -0.05) is 42.5 Å². The number of fused-ring (bicyclic) bond motifs is 3. The molecule has 1 atom stereocenters. The minimum Gasteiger partial charge on any atom is -0.375 e. The van der Waals surface area contributed by atoms with Crippen LogP contribution in [0.1, 0.15) is 30.1 Å². The highest BCUT2D eigenvalue weighted by Crippen LogP contribution is 2.42. The number of amides is 2. The van der Waals surface area contributed by atoms with Crippen molar-refractivity contribution in [3.63, 3.8) is 0 Å². The van der Waals surface area contributed by atoms with Crippen molar-refractivity contribution in [3.05, 3.63) is 84.2 Å². The molecular weight excluding hydrogens is 390 g/mol. The lowest BCUT2D eigenvalue weighted by Gasteiger charge is -2.39. The standard InChI is InChI=1S/C25H25N3O3/c1-31-17-24(30)27(19-13-14-19)16-23(29)28-21-11-6-5-10-20(21)26-15-7-12-22(26)25(28)18-8-3-2-4-9-18/h2-12,15,19,25H,13-14,16-17H2,1H3. The lowest BCUT2D eigenvalue weighted by atomic mass is 9.97. The fourth-order valence-electron chi connectivity index (χ4n) is 4.45. The lowest BCUT2D eigenvalue weighted by Crippen LogP contribution is -2.48. The predicted molar refractivity (Wildman–Crippen MR) is 118 cm³/mol. The van der Waals surface area contributed by atoms with Crippen LogP contribution in [0.5, 0.6) is 0 Å². The average Bonchev–Trinajstić information content (AvgIpc) is 3.52. The smallest absolute Gasteiger partial charge is 0.249 e. The van der Waals surface area contributed by atoms with E-state index in [4.69, 9.17) is 4.74 Å². The molecule has 1 unspecified atom stereocenters. The van der Waals surface area contributed by atoms with Gasteiger partial charge in [0.05, 0.1) is 17.1 Å². The van der Waals surface area contributed by atoms with Gasteiger partial charge in [-0.3, -0.25) is 14.5 Å². The molecule has 31 heavy (non-hydrogen) atoms. The minimum absolute atomic E-state index is 0.00860. The Hall–Kier alpha value is -3.38. The second-order valence-electron chi connectivity index (χ2n) is 8.05. The Bertz CT molecular complexity index is 1100. The Morgan fingerprint density at radius 2 is 1.68 bits per heavy atom. The monoisotopic (exact) mass is 415 g/mol. The summed E-state index contributed by atoms with van der Waals surface area (Å²) >= 11 is 0. The van der Waals surface area contributed by atoms with E-state index in [9.17, 15) is 9.59 Å². The maximum Gasteiger partial charge on any atom is 0.249 e. The SMILES string of the molecule is COCC(=O)N(CC(=O)N1c2ccccc2-n2cccc2C1c1ccccc1)C1CC1. The number of ether oxygens (including phenoxy) is 1. The third-order valence-corrected chi connectivity index (χ3v) is 5.98. The largest absolute Gasteiger partial charge is 0.375 e. The van der Waals surface area contributed by atoms with Crippen LogP contribution in [-0.2, 0) is 14.3 Å². The number of hydrogen-bond donors (Lipinski definition) is 0. The fourth-order valence-corrected chi connectivity index (χ4v) is 4.45. The van der Waals surface area contributed by atoms with Crippen LogP contribution in [0.25, 0.3) is 5.69 Å². The van der Waals surface area contributed by atoms with E-state index >= 15 is 0 Å². The maximum absolute atomic E-state index is 13.8. The van der Waals surface area contributed by atoms with Crippen LogP contribution in [0, 0.1) is 0 Å². The summed E-state index contributed by atoms with van der Waals surface area (Å²) in [6.45, 7) is 0.0383. The van der Waals surface area contributed by atoms with Crippen molar-refractivity contribution in [2.24, 2.45) is 0 Å². The van der Waals surface area contributed by atoms with E-state index in [1.165, 1.54) is 7.11 Å². The van der Waals surface area contributed by atoms with Crippen LogP contribution in [0.15, 0.2) is 72.9 Å². The molecule has 0 saturated heterocycles. The molecule has 2 heterocycles. The molecular formula is C25H25N3O3. The Morgan fingerprint density at radius 3 is 2.39 bits per heavy atom. The Balaban J connectivity index is 1.57. The molecule has 0 spiro atoms. The summed E-state index contributed by atoms with van der Waals surface area (Å²) < 4.78 is 7.20. The minimum atomic E-state index is -0.266. The van der Waals surface area contributed by atoms with E-state index in [1.807, 2.05) is 71.8 Å². The first-order valence-electron chi connectivity index (χ1n) is 10.6. The quantitative estimate of drug-likeness (QED) is 0.619. The molecule has 158 valence electrons. The third kappa shape index (κ3) is 3.53.